The maximum Gasteiger partial charge on any atom is 0.272 e. The van der Waals surface area contributed by atoms with Gasteiger partial charge in [0.15, 0.2) is 0 Å². The fourth-order valence-electron chi connectivity index (χ4n) is 3.48. The van der Waals surface area contributed by atoms with Crippen LogP contribution in [0.1, 0.15) is 16.2 Å². The lowest BCUT2D eigenvalue weighted by atomic mass is 10.0. The molecule has 2 aliphatic rings. The summed E-state index contributed by atoms with van der Waals surface area (Å²) in [4.78, 5) is 16.7. The highest BCUT2D eigenvalue weighted by atomic mass is 16.5. The first-order chi connectivity index (χ1) is 12.2. The van der Waals surface area contributed by atoms with E-state index in [1.165, 1.54) is 0 Å². The zero-order chi connectivity index (χ0) is 17.1. The van der Waals surface area contributed by atoms with Gasteiger partial charge in [-0.3, -0.25) is 19.9 Å². The highest BCUT2D eigenvalue weighted by molar-refractivity contribution is 5.92. The summed E-state index contributed by atoms with van der Waals surface area (Å²) in [6, 6.07) is 3.66. The number of H-pyrrole nitrogens is 2. The summed E-state index contributed by atoms with van der Waals surface area (Å²) in [6.07, 6.45) is 3.34. The molecule has 2 aliphatic heterocycles. The third kappa shape index (κ3) is 3.58. The van der Waals surface area contributed by atoms with Crippen molar-refractivity contribution in [3.05, 3.63) is 35.9 Å². The van der Waals surface area contributed by atoms with E-state index >= 15 is 0 Å². The van der Waals surface area contributed by atoms with Gasteiger partial charge in [-0.25, -0.2) is 0 Å². The van der Waals surface area contributed by atoms with Gasteiger partial charge in [0.2, 0.25) is 0 Å². The van der Waals surface area contributed by atoms with Gasteiger partial charge in [0.1, 0.15) is 11.3 Å². The van der Waals surface area contributed by atoms with Gasteiger partial charge >= 0.3 is 0 Å². The van der Waals surface area contributed by atoms with E-state index in [0.29, 0.717) is 45.1 Å². The Bertz CT molecular complexity index is 689. The van der Waals surface area contributed by atoms with E-state index in [2.05, 4.69) is 25.3 Å². The molecule has 25 heavy (non-hydrogen) atoms. The van der Waals surface area contributed by atoms with Crippen molar-refractivity contribution in [3.63, 3.8) is 0 Å². The fraction of sp³-hybridized carbons (Fsp3) is 0.562. The largest absolute Gasteiger partial charge is 0.377 e. The summed E-state index contributed by atoms with van der Waals surface area (Å²) in [5.41, 5.74) is 1.05. The maximum absolute atomic E-state index is 12.6. The summed E-state index contributed by atoms with van der Waals surface area (Å²) in [5.74, 6) is -0.0514. The first-order valence-electron chi connectivity index (χ1n) is 8.45. The minimum atomic E-state index is -0.509. The minimum absolute atomic E-state index is 0.0514. The van der Waals surface area contributed by atoms with Crippen molar-refractivity contribution in [2.45, 2.75) is 12.1 Å². The Balaban J connectivity index is 1.47. The van der Waals surface area contributed by atoms with E-state index in [1.54, 1.807) is 18.5 Å². The number of rotatable bonds is 3. The topological polar surface area (TPSA) is 99.4 Å². The molecule has 9 nitrogen and oxygen atoms in total. The summed E-state index contributed by atoms with van der Waals surface area (Å²) >= 11 is 0. The number of aromatic nitrogens is 4. The molecule has 4 heterocycles. The van der Waals surface area contributed by atoms with Crippen LogP contribution >= 0.6 is 0 Å². The molecule has 0 saturated carbocycles. The summed E-state index contributed by atoms with van der Waals surface area (Å²) < 4.78 is 11.9. The molecule has 4 rings (SSSR count). The molecule has 0 radical (unpaired) electrons. The Hall–Kier alpha value is -2.23. The summed E-state index contributed by atoms with van der Waals surface area (Å²) in [7, 11) is 0. The number of carbonyl (C=O) groups excluding carboxylic acids is 1. The number of carbonyl (C=O) groups is 1. The molecular formula is C16H22N6O3. The number of hydrogen-bond donors (Lipinski definition) is 2. The van der Waals surface area contributed by atoms with Crippen LogP contribution in [0.5, 0.6) is 0 Å². The quantitative estimate of drug-likeness (QED) is 0.804. The van der Waals surface area contributed by atoms with Crippen LogP contribution in [-0.2, 0) is 16.0 Å². The zero-order valence-corrected chi connectivity index (χ0v) is 14.0. The van der Waals surface area contributed by atoms with E-state index < -0.39 is 5.60 Å². The second-order valence-corrected chi connectivity index (χ2v) is 6.57. The van der Waals surface area contributed by atoms with Crippen LogP contribution in [0.25, 0.3) is 0 Å². The van der Waals surface area contributed by atoms with Crippen LogP contribution in [0.15, 0.2) is 24.5 Å². The van der Waals surface area contributed by atoms with Crippen LogP contribution < -0.4 is 0 Å². The van der Waals surface area contributed by atoms with Gasteiger partial charge < -0.3 is 14.4 Å². The Kier molecular flexibility index (Phi) is 4.51. The second kappa shape index (κ2) is 6.95. The molecule has 134 valence electrons. The van der Waals surface area contributed by atoms with Crippen LogP contribution in [0.2, 0.25) is 0 Å². The predicted molar refractivity (Wildman–Crippen MR) is 87.9 cm³/mol. The molecule has 0 aromatic carbocycles. The summed E-state index contributed by atoms with van der Waals surface area (Å²) in [5, 5.41) is 13.6. The van der Waals surface area contributed by atoms with E-state index in [1.807, 2.05) is 11.0 Å². The van der Waals surface area contributed by atoms with Crippen molar-refractivity contribution in [1.82, 2.24) is 30.2 Å². The molecule has 1 unspecified atom stereocenters. The molecule has 2 N–H and O–H groups in total. The molecule has 0 bridgehead atoms. The average Bonchev–Trinajstić information content (AvgIpc) is 3.29. The molecule has 2 aromatic heterocycles. The lowest BCUT2D eigenvalue weighted by Gasteiger charge is -2.43. The van der Waals surface area contributed by atoms with Crippen molar-refractivity contribution >= 4 is 5.91 Å². The summed E-state index contributed by atoms with van der Waals surface area (Å²) in [6.45, 7) is 4.99. The Morgan fingerprint density at radius 1 is 1.16 bits per heavy atom. The third-order valence-corrected chi connectivity index (χ3v) is 4.65. The highest BCUT2D eigenvalue weighted by Crippen LogP contribution is 2.24. The highest BCUT2D eigenvalue weighted by Gasteiger charge is 2.41. The average molecular weight is 346 g/mol. The number of morpholine rings is 1. The Morgan fingerprint density at radius 3 is 2.84 bits per heavy atom. The molecule has 1 amide bonds. The van der Waals surface area contributed by atoms with Gasteiger partial charge in [0.05, 0.1) is 26.4 Å². The van der Waals surface area contributed by atoms with Crippen LogP contribution in [0.3, 0.4) is 0 Å². The van der Waals surface area contributed by atoms with Crippen molar-refractivity contribution in [2.75, 3.05) is 46.0 Å². The minimum Gasteiger partial charge on any atom is -0.377 e. The number of ether oxygens (including phenoxy) is 2. The lowest BCUT2D eigenvalue weighted by Crippen LogP contribution is -2.59. The van der Waals surface area contributed by atoms with Gasteiger partial charge in [0, 0.05) is 44.3 Å². The second-order valence-electron chi connectivity index (χ2n) is 6.57. The zero-order valence-electron chi connectivity index (χ0n) is 14.0. The molecule has 9 heteroatoms. The van der Waals surface area contributed by atoms with Gasteiger partial charge in [0.25, 0.3) is 5.91 Å². The monoisotopic (exact) mass is 346 g/mol. The molecule has 2 saturated heterocycles. The van der Waals surface area contributed by atoms with E-state index in [9.17, 15) is 4.79 Å². The van der Waals surface area contributed by atoms with Gasteiger partial charge in [-0.1, -0.05) is 0 Å². The molecule has 0 aliphatic carbocycles. The SMILES string of the molecule is O=C(c1ccn[nH]1)N1CCOC2(COCCN(Cc3ccn[nH]3)C2)C1. The van der Waals surface area contributed by atoms with E-state index in [4.69, 9.17) is 9.47 Å². The van der Waals surface area contributed by atoms with Gasteiger partial charge in [-0.2, -0.15) is 10.2 Å². The number of hydrogen-bond acceptors (Lipinski definition) is 6. The maximum atomic E-state index is 12.6. The normalized spacial score (nSPS) is 25.2. The number of amides is 1. The third-order valence-electron chi connectivity index (χ3n) is 4.65. The Morgan fingerprint density at radius 2 is 2.04 bits per heavy atom. The molecule has 1 spiro atoms. The molecule has 1 atom stereocenters. The molecular weight excluding hydrogens is 324 g/mol. The van der Waals surface area contributed by atoms with Crippen LogP contribution in [0, 0.1) is 0 Å². The van der Waals surface area contributed by atoms with Crippen LogP contribution in [0.4, 0.5) is 0 Å². The fourth-order valence-corrected chi connectivity index (χ4v) is 3.48. The lowest BCUT2D eigenvalue weighted by molar-refractivity contribution is -0.133. The standard InChI is InChI=1S/C16H22N6O3/c23-15(14-2-4-18-20-14)22-6-8-25-16(11-22)10-21(5-7-24-12-16)9-13-1-3-17-19-13/h1-4H,5-12H2,(H,17,19)(H,18,20). The van der Waals surface area contributed by atoms with Crippen LogP contribution in [-0.4, -0.2) is 87.7 Å². The Labute approximate surface area is 145 Å². The van der Waals surface area contributed by atoms with Crippen molar-refractivity contribution in [3.8, 4) is 0 Å². The molecule has 2 aromatic rings. The predicted octanol–water partition coefficient (Wildman–Crippen LogP) is -0.124. The van der Waals surface area contributed by atoms with Gasteiger partial charge in [-0.15, -0.1) is 0 Å². The first-order valence-corrected chi connectivity index (χ1v) is 8.45. The number of aromatic amines is 2. The van der Waals surface area contributed by atoms with Crippen molar-refractivity contribution in [1.29, 1.82) is 0 Å². The van der Waals surface area contributed by atoms with Crippen molar-refractivity contribution in [2.24, 2.45) is 0 Å². The number of nitrogens with zero attached hydrogens (tertiary/aromatic N) is 4. The van der Waals surface area contributed by atoms with E-state index in [-0.39, 0.29) is 5.91 Å². The number of nitrogens with one attached hydrogen (secondary N) is 2. The first kappa shape index (κ1) is 16.2. The smallest absolute Gasteiger partial charge is 0.272 e. The van der Waals surface area contributed by atoms with E-state index in [0.717, 1.165) is 18.8 Å². The van der Waals surface area contributed by atoms with Crippen molar-refractivity contribution < 1.29 is 14.3 Å². The molecule has 2 fully saturated rings. The van der Waals surface area contributed by atoms with Gasteiger partial charge in [-0.05, 0) is 12.1 Å².